The largest absolute Gasteiger partial charge is 0.337 e. The molecule has 1 amide bonds. The number of amides is 1. The van der Waals surface area contributed by atoms with E-state index in [0.717, 1.165) is 5.56 Å². The molecular weight excluding hydrogens is 433 g/mol. The minimum atomic E-state index is -3.89. The van der Waals surface area contributed by atoms with Gasteiger partial charge in [0.15, 0.2) is 0 Å². The topological polar surface area (TPSA) is 79.4 Å². The van der Waals surface area contributed by atoms with Gasteiger partial charge in [-0.15, -0.1) is 0 Å². The van der Waals surface area contributed by atoms with Crippen molar-refractivity contribution in [1.29, 1.82) is 0 Å². The third-order valence-corrected chi connectivity index (χ3v) is 6.17. The molecule has 1 N–H and O–H groups in total. The number of anilines is 1. The molecule has 0 bridgehead atoms. The Kier molecular flexibility index (Phi) is 6.42. The van der Waals surface area contributed by atoms with Crippen LogP contribution in [0.5, 0.6) is 0 Å². The molecule has 0 aliphatic carbocycles. The lowest BCUT2D eigenvalue weighted by molar-refractivity contribution is 0.0785. The number of nitrogens with zero attached hydrogens (tertiary/aromatic N) is 2. The van der Waals surface area contributed by atoms with Gasteiger partial charge in [-0.3, -0.25) is 14.5 Å². The van der Waals surface area contributed by atoms with Crippen LogP contribution in [0.3, 0.4) is 0 Å². The van der Waals surface area contributed by atoms with E-state index in [-0.39, 0.29) is 26.5 Å². The van der Waals surface area contributed by atoms with E-state index in [9.17, 15) is 13.2 Å². The van der Waals surface area contributed by atoms with E-state index < -0.39 is 10.0 Å². The van der Waals surface area contributed by atoms with Gasteiger partial charge < -0.3 is 4.90 Å². The van der Waals surface area contributed by atoms with E-state index in [2.05, 4.69) is 9.71 Å². The molecule has 29 heavy (non-hydrogen) atoms. The van der Waals surface area contributed by atoms with Crippen molar-refractivity contribution in [2.45, 2.75) is 11.4 Å². The van der Waals surface area contributed by atoms with Crippen molar-refractivity contribution in [3.8, 4) is 0 Å². The number of hydrogen-bond donors (Lipinski definition) is 1. The monoisotopic (exact) mass is 449 g/mol. The molecule has 1 aromatic heterocycles. The molecule has 150 valence electrons. The highest BCUT2D eigenvalue weighted by molar-refractivity contribution is 7.92. The van der Waals surface area contributed by atoms with Gasteiger partial charge in [-0.25, -0.2) is 8.42 Å². The Morgan fingerprint density at radius 2 is 1.86 bits per heavy atom. The fourth-order valence-corrected chi connectivity index (χ4v) is 4.07. The Balaban J connectivity index is 1.78. The Bertz CT molecular complexity index is 1140. The lowest BCUT2D eigenvalue weighted by Crippen LogP contribution is -2.26. The number of halogens is 2. The Labute approximate surface area is 179 Å². The van der Waals surface area contributed by atoms with Gasteiger partial charge in [0.2, 0.25) is 0 Å². The maximum absolute atomic E-state index is 12.7. The summed E-state index contributed by atoms with van der Waals surface area (Å²) in [4.78, 5) is 18.2. The van der Waals surface area contributed by atoms with Crippen LogP contribution in [0.2, 0.25) is 10.0 Å². The molecule has 3 rings (SSSR count). The summed E-state index contributed by atoms with van der Waals surface area (Å²) in [6, 6.07) is 14.0. The van der Waals surface area contributed by atoms with Gasteiger partial charge in [0.05, 0.1) is 14.9 Å². The summed E-state index contributed by atoms with van der Waals surface area (Å²) < 4.78 is 27.7. The van der Waals surface area contributed by atoms with Gasteiger partial charge >= 0.3 is 0 Å². The van der Waals surface area contributed by atoms with Crippen molar-refractivity contribution < 1.29 is 13.2 Å². The van der Waals surface area contributed by atoms with Crippen LogP contribution in [0.1, 0.15) is 15.9 Å². The highest BCUT2D eigenvalue weighted by atomic mass is 35.5. The highest BCUT2D eigenvalue weighted by Crippen LogP contribution is 2.26. The van der Waals surface area contributed by atoms with Crippen LogP contribution in [-0.2, 0) is 16.6 Å². The van der Waals surface area contributed by atoms with E-state index in [1.54, 1.807) is 43.7 Å². The third kappa shape index (κ3) is 5.26. The van der Waals surface area contributed by atoms with Gasteiger partial charge in [-0.2, -0.15) is 0 Å². The summed E-state index contributed by atoms with van der Waals surface area (Å²) in [6.07, 6.45) is 3.35. The predicted molar refractivity (Wildman–Crippen MR) is 114 cm³/mol. The third-order valence-electron chi connectivity index (χ3n) is 4.05. The van der Waals surface area contributed by atoms with Crippen molar-refractivity contribution in [2.24, 2.45) is 0 Å². The lowest BCUT2D eigenvalue weighted by Gasteiger charge is -2.18. The molecule has 0 saturated heterocycles. The normalized spacial score (nSPS) is 11.1. The molecule has 9 heteroatoms. The van der Waals surface area contributed by atoms with E-state index >= 15 is 0 Å². The van der Waals surface area contributed by atoms with Gasteiger partial charge in [0.25, 0.3) is 15.9 Å². The smallest absolute Gasteiger partial charge is 0.261 e. The molecule has 6 nitrogen and oxygen atoms in total. The van der Waals surface area contributed by atoms with Crippen molar-refractivity contribution >= 4 is 44.8 Å². The second-order valence-electron chi connectivity index (χ2n) is 6.28. The fraction of sp³-hybridized carbons (Fsp3) is 0.100. The number of hydrogen-bond acceptors (Lipinski definition) is 4. The van der Waals surface area contributed by atoms with Crippen LogP contribution in [-0.4, -0.2) is 31.3 Å². The molecule has 0 radical (unpaired) electrons. The maximum atomic E-state index is 12.7. The molecule has 0 aliphatic heterocycles. The van der Waals surface area contributed by atoms with E-state index in [1.165, 1.54) is 29.2 Å². The molecule has 0 fully saturated rings. The Hall–Kier alpha value is -2.61. The molecule has 0 unspecified atom stereocenters. The predicted octanol–water partition coefficient (Wildman–Crippen LogP) is 4.46. The van der Waals surface area contributed by atoms with Crippen LogP contribution in [0.4, 0.5) is 5.69 Å². The summed E-state index contributed by atoms with van der Waals surface area (Å²) in [5.74, 6) is -0.246. The van der Waals surface area contributed by atoms with Gasteiger partial charge in [0, 0.05) is 37.2 Å². The number of aromatic nitrogens is 1. The first-order valence-corrected chi connectivity index (χ1v) is 10.7. The minimum absolute atomic E-state index is 0.0303. The molecule has 0 aliphatic rings. The number of benzene rings is 2. The van der Waals surface area contributed by atoms with Gasteiger partial charge in [-0.1, -0.05) is 35.3 Å². The maximum Gasteiger partial charge on any atom is 0.261 e. The number of pyridine rings is 1. The standard InChI is InChI=1S/C20H17Cl2N3O3S/c1-25(13-14-4-3-9-23-12-14)20(26)15-5-2-6-16(10-15)24-29(27,28)17-7-8-18(21)19(22)11-17/h2-12,24H,13H2,1H3. The number of carbonyl (C=O) groups is 1. The van der Waals surface area contributed by atoms with Crippen LogP contribution >= 0.6 is 23.2 Å². The Morgan fingerprint density at radius 3 is 2.55 bits per heavy atom. The molecule has 1 heterocycles. The molecule has 2 aromatic carbocycles. The zero-order valence-electron chi connectivity index (χ0n) is 15.3. The molecule has 0 atom stereocenters. The molecule has 0 saturated carbocycles. The van der Waals surface area contributed by atoms with Crippen molar-refractivity contribution in [1.82, 2.24) is 9.88 Å². The average molecular weight is 450 g/mol. The lowest BCUT2D eigenvalue weighted by atomic mass is 10.1. The summed E-state index contributed by atoms with van der Waals surface area (Å²) in [5, 5.41) is 0.394. The average Bonchev–Trinajstić information content (AvgIpc) is 2.70. The number of nitrogens with one attached hydrogen (secondary N) is 1. The molecule has 3 aromatic rings. The second-order valence-corrected chi connectivity index (χ2v) is 8.78. The van der Waals surface area contributed by atoms with Crippen LogP contribution in [0.15, 0.2) is 71.9 Å². The molecule has 0 spiro atoms. The molecular formula is C20H17Cl2N3O3S. The summed E-state index contributed by atoms with van der Waals surface area (Å²) in [7, 11) is -2.22. The quantitative estimate of drug-likeness (QED) is 0.602. The van der Waals surface area contributed by atoms with Crippen molar-refractivity contribution in [3.63, 3.8) is 0 Å². The summed E-state index contributed by atoms with van der Waals surface area (Å²) in [6.45, 7) is 0.381. The number of rotatable bonds is 6. The highest BCUT2D eigenvalue weighted by Gasteiger charge is 2.18. The zero-order chi connectivity index (χ0) is 21.0. The SMILES string of the molecule is CN(Cc1cccnc1)C(=O)c1cccc(NS(=O)(=O)c2ccc(Cl)c(Cl)c2)c1. The summed E-state index contributed by atoms with van der Waals surface area (Å²) >= 11 is 11.8. The summed E-state index contributed by atoms with van der Waals surface area (Å²) in [5.41, 5.74) is 1.50. The van der Waals surface area contributed by atoms with Crippen LogP contribution in [0.25, 0.3) is 0 Å². The number of carbonyl (C=O) groups excluding carboxylic acids is 1. The van der Waals surface area contributed by atoms with Gasteiger partial charge in [-0.05, 0) is 48.0 Å². The first kappa shape index (κ1) is 21.1. The van der Waals surface area contributed by atoms with Gasteiger partial charge in [0.1, 0.15) is 0 Å². The van der Waals surface area contributed by atoms with Crippen LogP contribution < -0.4 is 4.72 Å². The first-order chi connectivity index (χ1) is 13.8. The minimum Gasteiger partial charge on any atom is -0.337 e. The van der Waals surface area contributed by atoms with E-state index in [4.69, 9.17) is 23.2 Å². The van der Waals surface area contributed by atoms with Crippen molar-refractivity contribution in [3.05, 3.63) is 88.2 Å². The second kappa shape index (κ2) is 8.82. The zero-order valence-corrected chi connectivity index (χ0v) is 17.7. The van der Waals surface area contributed by atoms with E-state index in [0.29, 0.717) is 12.1 Å². The van der Waals surface area contributed by atoms with Crippen molar-refractivity contribution in [2.75, 3.05) is 11.8 Å². The van der Waals surface area contributed by atoms with E-state index in [1.807, 2.05) is 6.07 Å². The fourth-order valence-electron chi connectivity index (χ4n) is 2.63. The Morgan fingerprint density at radius 1 is 1.07 bits per heavy atom. The number of sulfonamides is 1. The first-order valence-electron chi connectivity index (χ1n) is 8.48. The van der Waals surface area contributed by atoms with Crippen LogP contribution in [0, 0.1) is 0 Å².